The zero-order valence-electron chi connectivity index (χ0n) is 15.4. The number of aryl methyl sites for hydroxylation is 1. The molecule has 0 saturated heterocycles. The smallest absolute Gasteiger partial charge is 0.346 e. The van der Waals surface area contributed by atoms with Crippen LogP contribution in [-0.4, -0.2) is 36.9 Å². The zero-order chi connectivity index (χ0) is 18.9. The van der Waals surface area contributed by atoms with Crippen LogP contribution < -0.4 is 5.32 Å². The maximum atomic E-state index is 13.4. The number of aromatic nitrogens is 1. The van der Waals surface area contributed by atoms with Gasteiger partial charge in [-0.15, -0.1) is 0 Å². The van der Waals surface area contributed by atoms with Crippen molar-refractivity contribution >= 4 is 21.0 Å². The second-order valence-electron chi connectivity index (χ2n) is 4.94. The van der Waals surface area contributed by atoms with Crippen LogP contribution in [0.15, 0.2) is 18.3 Å². The molecular formula is C15H28N2O6P2. The highest BCUT2D eigenvalue weighted by atomic mass is 31.2. The number of pyridine rings is 1. The Hall–Kier alpha value is -0.750. The minimum Gasteiger partial charge on any atom is -0.346 e. The van der Waals surface area contributed by atoms with Gasteiger partial charge in [0.15, 0.2) is 0 Å². The fourth-order valence-electron chi connectivity index (χ4n) is 2.17. The second kappa shape index (κ2) is 10.4. The molecule has 1 aromatic rings. The quantitative estimate of drug-likeness (QED) is 0.513. The molecule has 8 nitrogen and oxygen atoms in total. The monoisotopic (exact) mass is 394 g/mol. The summed E-state index contributed by atoms with van der Waals surface area (Å²) in [5.74, 6) is 0.409. The molecule has 1 heterocycles. The number of nitrogens with zero attached hydrogens (tertiary/aromatic N) is 1. The number of hydrogen-bond donors (Lipinski definition) is 1. The van der Waals surface area contributed by atoms with E-state index in [2.05, 4.69) is 10.3 Å². The van der Waals surface area contributed by atoms with Gasteiger partial charge in [0.25, 0.3) is 0 Å². The molecular weight excluding hydrogens is 366 g/mol. The highest BCUT2D eigenvalue weighted by molar-refractivity contribution is 7.72. The van der Waals surface area contributed by atoms with Gasteiger partial charge < -0.3 is 23.4 Å². The first kappa shape index (κ1) is 22.3. The summed E-state index contributed by atoms with van der Waals surface area (Å²) in [7, 11) is -7.72. The largest absolute Gasteiger partial charge is 0.365 e. The first-order valence-electron chi connectivity index (χ1n) is 8.32. The van der Waals surface area contributed by atoms with E-state index in [1.54, 1.807) is 40.0 Å². The van der Waals surface area contributed by atoms with Gasteiger partial charge in [-0.05, 0) is 46.2 Å². The number of anilines is 1. The van der Waals surface area contributed by atoms with Crippen LogP contribution in [0.4, 0.5) is 5.82 Å². The van der Waals surface area contributed by atoms with Crippen molar-refractivity contribution in [2.24, 2.45) is 0 Å². The molecule has 0 aliphatic rings. The lowest BCUT2D eigenvalue weighted by atomic mass is 10.3. The van der Waals surface area contributed by atoms with Crippen LogP contribution in [0.5, 0.6) is 0 Å². The Kier molecular flexibility index (Phi) is 9.28. The number of rotatable bonds is 12. The molecule has 25 heavy (non-hydrogen) atoms. The number of hydrogen-bond acceptors (Lipinski definition) is 8. The van der Waals surface area contributed by atoms with Crippen molar-refractivity contribution in [3.05, 3.63) is 23.9 Å². The fourth-order valence-corrected chi connectivity index (χ4v) is 7.07. The van der Waals surface area contributed by atoms with Crippen LogP contribution in [-0.2, 0) is 27.2 Å². The van der Waals surface area contributed by atoms with Crippen molar-refractivity contribution in [1.82, 2.24) is 4.98 Å². The maximum absolute atomic E-state index is 13.4. The SMILES string of the molecule is CCOP(=O)(OCC)C(Nc1ncccc1C)P(=O)(OCC)OCC. The maximum Gasteiger partial charge on any atom is 0.365 e. The van der Waals surface area contributed by atoms with Gasteiger partial charge in [0.1, 0.15) is 5.82 Å². The summed E-state index contributed by atoms with van der Waals surface area (Å²) in [6, 6.07) is 3.59. The summed E-state index contributed by atoms with van der Waals surface area (Å²) in [6.45, 7) is 9.03. The van der Waals surface area contributed by atoms with Gasteiger partial charge in [0.2, 0.25) is 5.52 Å². The third kappa shape index (κ3) is 5.88. The summed E-state index contributed by atoms with van der Waals surface area (Å²) < 4.78 is 48.3. The van der Waals surface area contributed by atoms with E-state index < -0.39 is 20.7 Å². The van der Waals surface area contributed by atoms with Gasteiger partial charge in [0.05, 0.1) is 26.4 Å². The van der Waals surface area contributed by atoms with Crippen molar-refractivity contribution in [1.29, 1.82) is 0 Å². The Morgan fingerprint density at radius 2 is 1.40 bits per heavy atom. The third-order valence-electron chi connectivity index (χ3n) is 3.11. The van der Waals surface area contributed by atoms with Crippen LogP contribution >= 0.6 is 15.2 Å². The lowest BCUT2D eigenvalue weighted by Gasteiger charge is -2.32. The summed E-state index contributed by atoms with van der Waals surface area (Å²) >= 11 is 0. The normalized spacial score (nSPS) is 12.6. The molecule has 0 saturated carbocycles. The molecule has 1 aromatic heterocycles. The average molecular weight is 394 g/mol. The minimum atomic E-state index is -3.86. The van der Waals surface area contributed by atoms with Crippen molar-refractivity contribution in [3.63, 3.8) is 0 Å². The Morgan fingerprint density at radius 3 is 1.76 bits per heavy atom. The summed E-state index contributed by atoms with van der Waals surface area (Å²) in [5.41, 5.74) is -0.542. The minimum absolute atomic E-state index is 0.120. The lowest BCUT2D eigenvalue weighted by Crippen LogP contribution is -2.26. The summed E-state index contributed by atoms with van der Waals surface area (Å²) in [6.07, 6.45) is 1.57. The molecule has 0 radical (unpaired) electrons. The Labute approximate surface area is 149 Å². The van der Waals surface area contributed by atoms with E-state index >= 15 is 0 Å². The molecule has 1 N–H and O–H groups in total. The van der Waals surface area contributed by atoms with Crippen LogP contribution in [0.1, 0.15) is 33.3 Å². The number of nitrogens with one attached hydrogen (secondary N) is 1. The van der Waals surface area contributed by atoms with Gasteiger partial charge in [0, 0.05) is 6.20 Å². The highest BCUT2D eigenvalue weighted by Gasteiger charge is 2.51. The topological polar surface area (TPSA) is 96.0 Å². The summed E-state index contributed by atoms with van der Waals surface area (Å²) in [5, 5.41) is 2.93. The van der Waals surface area contributed by atoms with E-state index in [1.165, 1.54) is 0 Å². The predicted molar refractivity (Wildman–Crippen MR) is 98.1 cm³/mol. The molecule has 0 aromatic carbocycles. The Balaban J connectivity index is 3.40. The molecule has 144 valence electrons. The molecule has 1 rings (SSSR count). The molecule has 0 unspecified atom stereocenters. The van der Waals surface area contributed by atoms with E-state index in [0.29, 0.717) is 5.82 Å². The molecule has 0 fully saturated rings. The first-order valence-corrected chi connectivity index (χ1v) is 11.5. The molecule has 0 bridgehead atoms. The lowest BCUT2D eigenvalue weighted by molar-refractivity contribution is 0.198. The fraction of sp³-hybridized carbons (Fsp3) is 0.667. The van der Waals surface area contributed by atoms with Crippen LogP contribution in [0.25, 0.3) is 0 Å². The van der Waals surface area contributed by atoms with Gasteiger partial charge in [-0.3, -0.25) is 9.13 Å². The van der Waals surface area contributed by atoms with Gasteiger partial charge in [-0.25, -0.2) is 4.98 Å². The van der Waals surface area contributed by atoms with Crippen molar-refractivity contribution in [3.8, 4) is 0 Å². The van der Waals surface area contributed by atoms with Crippen molar-refractivity contribution in [2.75, 3.05) is 31.7 Å². The van der Waals surface area contributed by atoms with E-state index in [9.17, 15) is 9.13 Å². The van der Waals surface area contributed by atoms with Crippen molar-refractivity contribution in [2.45, 2.75) is 40.1 Å². The van der Waals surface area contributed by atoms with Crippen LogP contribution in [0, 0.1) is 6.92 Å². The van der Waals surface area contributed by atoms with E-state index in [4.69, 9.17) is 18.1 Å². The van der Waals surface area contributed by atoms with Crippen LogP contribution in [0.3, 0.4) is 0 Å². The van der Waals surface area contributed by atoms with Crippen LogP contribution in [0.2, 0.25) is 0 Å². The van der Waals surface area contributed by atoms with Gasteiger partial charge >= 0.3 is 15.2 Å². The third-order valence-corrected chi connectivity index (χ3v) is 8.74. The molecule has 0 amide bonds. The highest BCUT2D eigenvalue weighted by Crippen LogP contribution is 2.70. The molecule has 10 heteroatoms. The second-order valence-corrected chi connectivity index (χ2v) is 9.57. The van der Waals surface area contributed by atoms with Crippen molar-refractivity contribution < 1.29 is 27.2 Å². The van der Waals surface area contributed by atoms with E-state index in [0.717, 1.165) is 5.56 Å². The molecule has 0 aliphatic carbocycles. The molecule has 0 aliphatic heterocycles. The zero-order valence-corrected chi connectivity index (χ0v) is 17.2. The van der Waals surface area contributed by atoms with E-state index in [-0.39, 0.29) is 26.4 Å². The Morgan fingerprint density at radius 1 is 0.960 bits per heavy atom. The van der Waals surface area contributed by atoms with Gasteiger partial charge in [-0.1, -0.05) is 6.07 Å². The van der Waals surface area contributed by atoms with Gasteiger partial charge in [-0.2, -0.15) is 0 Å². The standard InChI is InChI=1S/C15H28N2O6P2/c1-6-20-24(18,21-7-2)15(25(19,22-8-3)23-9-4)17-14-13(5)11-10-12-16-14/h10-12,15H,6-9H2,1-5H3,(H,16,17). The molecule has 0 atom stereocenters. The first-order chi connectivity index (χ1) is 11.9. The molecule has 0 spiro atoms. The average Bonchev–Trinajstić information content (AvgIpc) is 2.54. The predicted octanol–water partition coefficient (Wildman–Crippen LogP) is 4.62. The van der Waals surface area contributed by atoms with E-state index in [1.807, 2.05) is 13.0 Å². The summed E-state index contributed by atoms with van der Waals surface area (Å²) in [4.78, 5) is 4.21. The Bertz CT molecular complexity index is 578.